The summed E-state index contributed by atoms with van der Waals surface area (Å²) in [4.78, 5) is 12.0. The molecular formula is C16H14N2O5S. The number of carbonyl (C=O) groups is 1. The number of furan rings is 2. The molecule has 0 fully saturated rings. The summed E-state index contributed by atoms with van der Waals surface area (Å²) in [6, 6.07) is 12.4. The Hall–Kier alpha value is -2.84. The highest BCUT2D eigenvalue weighted by Crippen LogP contribution is 2.17. The van der Waals surface area contributed by atoms with E-state index in [0.717, 1.165) is 0 Å². The lowest BCUT2D eigenvalue weighted by Crippen LogP contribution is -2.23. The molecule has 0 radical (unpaired) electrons. The van der Waals surface area contributed by atoms with Crippen LogP contribution in [-0.4, -0.2) is 14.3 Å². The zero-order valence-electron chi connectivity index (χ0n) is 12.4. The maximum absolute atomic E-state index is 12.3. The van der Waals surface area contributed by atoms with E-state index in [9.17, 15) is 13.2 Å². The molecule has 2 N–H and O–H groups in total. The Morgan fingerprint density at radius 1 is 1.00 bits per heavy atom. The third-order valence-corrected chi connectivity index (χ3v) is 4.56. The SMILES string of the molecule is O=C(Nc1cccc(S(=O)(=O)NCc2ccco2)c1)c1ccco1. The Labute approximate surface area is 138 Å². The Morgan fingerprint density at radius 2 is 1.79 bits per heavy atom. The van der Waals surface area contributed by atoms with E-state index in [1.165, 1.54) is 30.7 Å². The lowest BCUT2D eigenvalue weighted by Gasteiger charge is -2.08. The first-order valence-electron chi connectivity index (χ1n) is 7.01. The first-order valence-corrected chi connectivity index (χ1v) is 8.50. The number of amides is 1. The highest BCUT2D eigenvalue weighted by molar-refractivity contribution is 7.89. The summed E-state index contributed by atoms with van der Waals surface area (Å²) in [5, 5.41) is 2.58. The van der Waals surface area contributed by atoms with Gasteiger partial charge in [-0.25, -0.2) is 13.1 Å². The van der Waals surface area contributed by atoms with Gasteiger partial charge < -0.3 is 14.2 Å². The first-order chi connectivity index (χ1) is 11.5. The molecule has 3 rings (SSSR count). The van der Waals surface area contributed by atoms with Crippen LogP contribution in [0.1, 0.15) is 16.3 Å². The van der Waals surface area contributed by atoms with Gasteiger partial charge in [-0.1, -0.05) is 6.07 Å². The molecule has 0 aliphatic carbocycles. The Kier molecular flexibility index (Phi) is 4.50. The van der Waals surface area contributed by atoms with Gasteiger partial charge in [0.2, 0.25) is 10.0 Å². The van der Waals surface area contributed by atoms with Crippen LogP contribution in [0.25, 0.3) is 0 Å². The van der Waals surface area contributed by atoms with Crippen molar-refractivity contribution in [3.63, 3.8) is 0 Å². The first kappa shape index (κ1) is 16.0. The van der Waals surface area contributed by atoms with Gasteiger partial charge in [0.1, 0.15) is 5.76 Å². The van der Waals surface area contributed by atoms with Gasteiger partial charge in [-0.15, -0.1) is 0 Å². The summed E-state index contributed by atoms with van der Waals surface area (Å²) in [6.45, 7) is 0.0400. The van der Waals surface area contributed by atoms with Crippen LogP contribution in [0, 0.1) is 0 Å². The maximum atomic E-state index is 12.3. The number of rotatable bonds is 6. The summed E-state index contributed by atoms with van der Waals surface area (Å²) in [5.74, 6) is 0.179. The third kappa shape index (κ3) is 3.73. The summed E-state index contributed by atoms with van der Waals surface area (Å²) in [5.41, 5.74) is 0.345. The van der Waals surface area contributed by atoms with Crippen LogP contribution in [0.2, 0.25) is 0 Å². The van der Waals surface area contributed by atoms with Crippen molar-refractivity contribution in [1.82, 2.24) is 4.72 Å². The van der Waals surface area contributed by atoms with Crippen LogP contribution in [0.3, 0.4) is 0 Å². The van der Waals surface area contributed by atoms with E-state index < -0.39 is 15.9 Å². The van der Waals surface area contributed by atoms with E-state index in [1.54, 1.807) is 30.3 Å². The van der Waals surface area contributed by atoms with E-state index in [1.807, 2.05) is 0 Å². The molecule has 1 amide bonds. The lowest BCUT2D eigenvalue weighted by molar-refractivity contribution is 0.0996. The fraction of sp³-hybridized carbons (Fsp3) is 0.0625. The molecule has 0 bridgehead atoms. The molecule has 0 aliphatic rings. The second kappa shape index (κ2) is 6.73. The van der Waals surface area contributed by atoms with Gasteiger partial charge in [0.05, 0.1) is 24.0 Å². The summed E-state index contributed by atoms with van der Waals surface area (Å²) < 4.78 is 37.1. The second-order valence-electron chi connectivity index (χ2n) is 4.86. The van der Waals surface area contributed by atoms with Crippen molar-refractivity contribution >= 4 is 21.6 Å². The monoisotopic (exact) mass is 346 g/mol. The Bertz CT molecular complexity index is 915. The van der Waals surface area contributed by atoms with E-state index in [-0.39, 0.29) is 17.2 Å². The molecule has 2 aromatic heterocycles. The molecule has 24 heavy (non-hydrogen) atoms. The molecule has 0 atom stereocenters. The van der Waals surface area contributed by atoms with Gasteiger partial charge in [-0.3, -0.25) is 4.79 Å². The summed E-state index contributed by atoms with van der Waals surface area (Å²) >= 11 is 0. The van der Waals surface area contributed by atoms with Crippen LogP contribution in [0.4, 0.5) is 5.69 Å². The van der Waals surface area contributed by atoms with Gasteiger partial charge in [0.15, 0.2) is 5.76 Å². The molecule has 7 nitrogen and oxygen atoms in total. The Morgan fingerprint density at radius 3 is 2.50 bits per heavy atom. The number of hydrogen-bond donors (Lipinski definition) is 2. The van der Waals surface area contributed by atoms with Crippen molar-refractivity contribution in [2.75, 3.05) is 5.32 Å². The average molecular weight is 346 g/mol. The van der Waals surface area contributed by atoms with Gasteiger partial charge in [-0.05, 0) is 42.5 Å². The molecule has 0 saturated heterocycles. The number of hydrogen-bond acceptors (Lipinski definition) is 5. The predicted molar refractivity (Wildman–Crippen MR) is 85.8 cm³/mol. The van der Waals surface area contributed by atoms with E-state index in [0.29, 0.717) is 11.4 Å². The van der Waals surface area contributed by atoms with E-state index in [2.05, 4.69) is 10.0 Å². The van der Waals surface area contributed by atoms with Crippen molar-refractivity contribution in [3.8, 4) is 0 Å². The minimum absolute atomic E-state index is 0.0336. The zero-order valence-corrected chi connectivity index (χ0v) is 13.2. The number of sulfonamides is 1. The van der Waals surface area contributed by atoms with Crippen LogP contribution >= 0.6 is 0 Å². The lowest BCUT2D eigenvalue weighted by atomic mass is 10.3. The molecule has 124 valence electrons. The highest BCUT2D eigenvalue weighted by atomic mass is 32.2. The normalized spacial score (nSPS) is 11.3. The molecule has 0 saturated carbocycles. The maximum Gasteiger partial charge on any atom is 0.291 e. The van der Waals surface area contributed by atoms with E-state index >= 15 is 0 Å². The number of anilines is 1. The molecule has 8 heteroatoms. The zero-order chi connectivity index (χ0) is 17.0. The van der Waals surface area contributed by atoms with Crippen LogP contribution in [0.15, 0.2) is 74.8 Å². The number of nitrogens with one attached hydrogen (secondary N) is 2. The van der Waals surface area contributed by atoms with Crippen molar-refractivity contribution in [2.24, 2.45) is 0 Å². The summed E-state index contributed by atoms with van der Waals surface area (Å²) in [7, 11) is -3.73. The van der Waals surface area contributed by atoms with Gasteiger partial charge in [0.25, 0.3) is 5.91 Å². The average Bonchev–Trinajstić information content (AvgIpc) is 3.27. The molecule has 2 heterocycles. The molecule has 3 aromatic rings. The van der Waals surface area contributed by atoms with Crippen molar-refractivity contribution in [2.45, 2.75) is 11.4 Å². The minimum Gasteiger partial charge on any atom is -0.468 e. The number of benzene rings is 1. The predicted octanol–water partition coefficient (Wildman–Crippen LogP) is 2.60. The molecule has 0 aliphatic heterocycles. The van der Waals surface area contributed by atoms with Crippen molar-refractivity contribution < 1.29 is 22.0 Å². The van der Waals surface area contributed by atoms with Gasteiger partial charge >= 0.3 is 0 Å². The quantitative estimate of drug-likeness (QED) is 0.714. The molecule has 1 aromatic carbocycles. The van der Waals surface area contributed by atoms with Gasteiger partial charge in [-0.2, -0.15) is 0 Å². The smallest absolute Gasteiger partial charge is 0.291 e. The molecular weight excluding hydrogens is 332 g/mol. The third-order valence-electron chi connectivity index (χ3n) is 3.16. The van der Waals surface area contributed by atoms with Gasteiger partial charge in [0, 0.05) is 5.69 Å². The van der Waals surface area contributed by atoms with Crippen LogP contribution in [0.5, 0.6) is 0 Å². The van der Waals surface area contributed by atoms with Crippen LogP contribution in [-0.2, 0) is 16.6 Å². The fourth-order valence-corrected chi connectivity index (χ4v) is 3.04. The minimum atomic E-state index is -3.73. The fourth-order valence-electron chi connectivity index (χ4n) is 2.00. The largest absolute Gasteiger partial charge is 0.468 e. The standard InChI is InChI=1S/C16H14N2O5S/c19-16(15-7-3-9-23-15)18-12-4-1-6-14(10-12)24(20,21)17-11-13-5-2-8-22-13/h1-10,17H,11H2,(H,18,19). The van der Waals surface area contributed by atoms with Crippen LogP contribution < -0.4 is 10.0 Å². The molecule has 0 spiro atoms. The Balaban J connectivity index is 1.73. The molecule has 0 unspecified atom stereocenters. The van der Waals surface area contributed by atoms with E-state index in [4.69, 9.17) is 8.83 Å². The highest BCUT2D eigenvalue weighted by Gasteiger charge is 2.16. The van der Waals surface area contributed by atoms with Crippen molar-refractivity contribution in [1.29, 1.82) is 0 Å². The topological polar surface area (TPSA) is 102 Å². The second-order valence-corrected chi connectivity index (χ2v) is 6.63. The summed E-state index contributed by atoms with van der Waals surface area (Å²) in [6.07, 6.45) is 2.85. The van der Waals surface area contributed by atoms with Crippen molar-refractivity contribution in [3.05, 3.63) is 72.6 Å². The number of carbonyl (C=O) groups excluding carboxylic acids is 1.